The van der Waals surface area contributed by atoms with Gasteiger partial charge in [-0.15, -0.1) is 0 Å². The Morgan fingerprint density at radius 3 is 2.32 bits per heavy atom. The summed E-state index contributed by atoms with van der Waals surface area (Å²) in [6.45, 7) is 7.81. The molecule has 6 atom stereocenters. The number of benzene rings is 2. The third-order valence-electron chi connectivity index (χ3n) is 8.39. The summed E-state index contributed by atoms with van der Waals surface area (Å²) in [4.78, 5) is 31.1. The Balaban J connectivity index is 1.60. The Bertz CT molecular complexity index is 1770. The van der Waals surface area contributed by atoms with Crippen molar-refractivity contribution in [2.24, 2.45) is 17.8 Å². The first-order valence-corrected chi connectivity index (χ1v) is 19.3. The van der Waals surface area contributed by atoms with Crippen molar-refractivity contribution in [3.05, 3.63) is 72.4 Å². The van der Waals surface area contributed by atoms with Crippen LogP contribution in [0.4, 0.5) is 0 Å². The van der Waals surface area contributed by atoms with Crippen molar-refractivity contribution in [3.8, 4) is 0 Å². The lowest BCUT2D eigenvalue weighted by molar-refractivity contribution is -0.128. The van der Waals surface area contributed by atoms with Gasteiger partial charge in [-0.05, 0) is 76.0 Å². The quantitative estimate of drug-likeness (QED) is 0.213. The number of carbonyl (C=O) groups is 2. The Kier molecular flexibility index (Phi) is 11.5. The Hall–Kier alpha value is -3.39. The minimum Gasteiger partial charge on any atom is -0.391 e. The van der Waals surface area contributed by atoms with Crippen LogP contribution in [0.25, 0.3) is 10.9 Å². The molecule has 256 valence electrons. The molecule has 47 heavy (non-hydrogen) atoms. The molecule has 0 aliphatic heterocycles. The number of sulfone groups is 1. The molecule has 2 aromatic carbocycles. The molecule has 1 saturated carbocycles. The van der Waals surface area contributed by atoms with E-state index < -0.39 is 55.2 Å². The van der Waals surface area contributed by atoms with E-state index in [0.717, 1.165) is 18.2 Å². The number of sulfonamides is 1. The Labute approximate surface area is 277 Å². The predicted octanol–water partition coefficient (Wildman–Crippen LogP) is 2.98. The molecule has 3 aromatic rings. The van der Waals surface area contributed by atoms with Crippen LogP contribution in [0.3, 0.4) is 0 Å². The third kappa shape index (κ3) is 10.3. The minimum atomic E-state index is -4.23. The highest BCUT2D eigenvalue weighted by atomic mass is 32.2. The molecular weight excluding hydrogens is 641 g/mol. The lowest BCUT2D eigenvalue weighted by Gasteiger charge is -2.31. The number of nitrogens with zero attached hydrogens (tertiary/aromatic N) is 1. The van der Waals surface area contributed by atoms with Crippen molar-refractivity contribution in [2.75, 3.05) is 12.0 Å². The summed E-state index contributed by atoms with van der Waals surface area (Å²) in [7, 11) is -8.27. The number of aliphatic hydroxyl groups excluding tert-OH is 1. The van der Waals surface area contributed by atoms with Crippen molar-refractivity contribution in [3.63, 3.8) is 0 Å². The second-order valence-electron chi connectivity index (χ2n) is 13.8. The molecule has 0 radical (unpaired) electrons. The number of carbonyl (C=O) groups excluding carboxylic acids is 2. The molecule has 1 heterocycles. The third-order valence-corrected chi connectivity index (χ3v) is 10.9. The van der Waals surface area contributed by atoms with E-state index in [9.17, 15) is 31.5 Å². The predicted molar refractivity (Wildman–Crippen MR) is 182 cm³/mol. The fourth-order valence-electron chi connectivity index (χ4n) is 6.41. The van der Waals surface area contributed by atoms with Crippen molar-refractivity contribution in [1.82, 2.24) is 20.3 Å². The lowest BCUT2D eigenvalue weighted by Crippen LogP contribution is -2.55. The first-order chi connectivity index (χ1) is 21.9. The van der Waals surface area contributed by atoms with Crippen molar-refractivity contribution >= 4 is 42.6 Å². The minimum absolute atomic E-state index is 0.0757. The summed E-state index contributed by atoms with van der Waals surface area (Å²) in [6.07, 6.45) is 3.00. The molecule has 2 amide bonds. The number of rotatable bonds is 13. The zero-order valence-electron chi connectivity index (χ0n) is 27.5. The van der Waals surface area contributed by atoms with Crippen LogP contribution in [-0.4, -0.2) is 74.5 Å². The van der Waals surface area contributed by atoms with E-state index >= 15 is 0 Å². The second kappa shape index (κ2) is 14.8. The Morgan fingerprint density at radius 2 is 1.66 bits per heavy atom. The van der Waals surface area contributed by atoms with Gasteiger partial charge in [0.25, 0.3) is 0 Å². The molecule has 1 aliphatic rings. The van der Waals surface area contributed by atoms with Gasteiger partial charge in [-0.1, -0.05) is 55.5 Å². The van der Waals surface area contributed by atoms with Crippen molar-refractivity contribution in [2.45, 2.75) is 82.0 Å². The van der Waals surface area contributed by atoms with Crippen LogP contribution in [-0.2, 0) is 35.9 Å². The maximum atomic E-state index is 13.8. The zero-order chi connectivity index (χ0) is 34.6. The number of hydrogen-bond donors (Lipinski definition) is 4. The standard InChI is InChI=1S/C34H46N4O7S2/c1-22-17-25(26(18-22)32(40)37-34(2,3)4)20-29(39)27(19-23-11-7-6-8-12-23)36-33(41)28(38-46(5,42)43)21-47(44,45)30-15-9-13-24-14-10-16-35-31(24)30/h6-16,22,25-29,38-39H,17-21H2,1-5H3,(H,36,41)(H,37,40). The van der Waals surface area contributed by atoms with Crippen LogP contribution in [0.15, 0.2) is 71.8 Å². The van der Waals surface area contributed by atoms with Crippen LogP contribution in [0.5, 0.6) is 0 Å². The van der Waals surface area contributed by atoms with Gasteiger partial charge in [0.15, 0.2) is 9.84 Å². The monoisotopic (exact) mass is 686 g/mol. The van der Waals surface area contributed by atoms with Crippen LogP contribution >= 0.6 is 0 Å². The number of hydrogen-bond acceptors (Lipinski definition) is 8. The van der Waals surface area contributed by atoms with Gasteiger partial charge in [0.2, 0.25) is 21.8 Å². The Morgan fingerprint density at radius 1 is 0.979 bits per heavy atom. The number of amides is 2. The smallest absolute Gasteiger partial charge is 0.239 e. The first-order valence-electron chi connectivity index (χ1n) is 15.8. The van der Waals surface area contributed by atoms with Crippen molar-refractivity contribution in [1.29, 1.82) is 0 Å². The highest BCUT2D eigenvalue weighted by molar-refractivity contribution is 7.92. The molecule has 4 rings (SSSR count). The topological polar surface area (TPSA) is 172 Å². The summed E-state index contributed by atoms with van der Waals surface area (Å²) in [5, 5.41) is 18.0. The highest BCUT2D eigenvalue weighted by Gasteiger charge is 2.40. The zero-order valence-corrected chi connectivity index (χ0v) is 29.1. The number of pyridine rings is 1. The van der Waals surface area contributed by atoms with Gasteiger partial charge in [0.05, 0.1) is 34.6 Å². The molecule has 4 N–H and O–H groups in total. The fraction of sp³-hybridized carbons (Fsp3) is 0.500. The maximum Gasteiger partial charge on any atom is 0.239 e. The van der Waals surface area contributed by atoms with E-state index in [2.05, 4.69) is 27.3 Å². The average molecular weight is 687 g/mol. The summed E-state index contributed by atoms with van der Waals surface area (Å²) in [5.41, 5.74) is 0.599. The SMILES string of the molecule is CC1CC(CC(O)C(Cc2ccccc2)NC(=O)C(CS(=O)(=O)c2cccc3cccnc23)NS(C)(=O)=O)C(C(=O)NC(C)(C)C)C1. The van der Waals surface area contributed by atoms with Crippen LogP contribution < -0.4 is 15.4 Å². The first kappa shape index (κ1) is 36.4. The molecule has 1 aliphatic carbocycles. The summed E-state index contributed by atoms with van der Waals surface area (Å²) in [5.74, 6) is -2.04. The van der Waals surface area contributed by atoms with Crippen LogP contribution in [0.2, 0.25) is 0 Å². The second-order valence-corrected chi connectivity index (χ2v) is 17.6. The van der Waals surface area contributed by atoms with Gasteiger partial charge >= 0.3 is 0 Å². The molecule has 13 heteroatoms. The number of fused-ring (bicyclic) bond motifs is 1. The molecular formula is C34H46N4O7S2. The van der Waals surface area contributed by atoms with Gasteiger partial charge in [-0.2, -0.15) is 0 Å². The van der Waals surface area contributed by atoms with E-state index in [4.69, 9.17) is 0 Å². The van der Waals surface area contributed by atoms with Gasteiger partial charge in [0, 0.05) is 23.0 Å². The normalized spacial score (nSPS) is 20.8. The van der Waals surface area contributed by atoms with Crippen molar-refractivity contribution < 1.29 is 31.5 Å². The fourth-order valence-corrected chi connectivity index (χ4v) is 8.83. The number of aromatic nitrogens is 1. The van der Waals surface area contributed by atoms with E-state index in [1.54, 1.807) is 24.3 Å². The van der Waals surface area contributed by atoms with Crippen LogP contribution in [0, 0.1) is 17.8 Å². The van der Waals surface area contributed by atoms with E-state index in [-0.39, 0.29) is 46.9 Å². The largest absolute Gasteiger partial charge is 0.391 e. The molecule has 0 saturated heterocycles. The molecule has 11 nitrogen and oxygen atoms in total. The van der Waals surface area contributed by atoms with E-state index in [1.165, 1.54) is 12.3 Å². The number of nitrogens with one attached hydrogen (secondary N) is 3. The van der Waals surface area contributed by atoms with Gasteiger partial charge in [0.1, 0.15) is 6.04 Å². The molecule has 1 aromatic heterocycles. The maximum absolute atomic E-state index is 13.8. The number of aliphatic hydroxyl groups is 1. The molecule has 6 unspecified atom stereocenters. The van der Waals surface area contributed by atoms with Crippen LogP contribution in [0.1, 0.15) is 52.5 Å². The summed E-state index contributed by atoms with van der Waals surface area (Å²) in [6, 6.07) is 14.6. The van der Waals surface area contributed by atoms with Gasteiger partial charge in [-0.3, -0.25) is 14.6 Å². The number of para-hydroxylation sites is 1. The lowest BCUT2D eigenvalue weighted by atomic mass is 9.86. The molecule has 0 spiro atoms. The highest BCUT2D eigenvalue weighted by Crippen LogP contribution is 2.40. The van der Waals surface area contributed by atoms with Gasteiger partial charge < -0.3 is 15.7 Å². The molecule has 1 fully saturated rings. The summed E-state index contributed by atoms with van der Waals surface area (Å²) < 4.78 is 54.3. The van der Waals surface area contributed by atoms with Gasteiger partial charge in [-0.25, -0.2) is 21.6 Å². The molecule has 0 bridgehead atoms. The van der Waals surface area contributed by atoms with E-state index in [0.29, 0.717) is 11.8 Å². The summed E-state index contributed by atoms with van der Waals surface area (Å²) >= 11 is 0. The average Bonchev–Trinajstić information content (AvgIpc) is 3.34. The van der Waals surface area contributed by atoms with E-state index in [1.807, 2.05) is 51.1 Å².